The highest BCUT2D eigenvalue weighted by Gasteiger charge is 2.42. The number of amides is 1. The molecule has 5 rings (SSSR count). The molecule has 146 valence electrons. The molecule has 1 aliphatic heterocycles. The van der Waals surface area contributed by atoms with Gasteiger partial charge in [0.05, 0.1) is 29.0 Å². The Labute approximate surface area is 168 Å². The normalized spacial score (nSPS) is 19.0. The molecule has 2 heterocycles. The molecule has 0 saturated heterocycles. The average Bonchev–Trinajstić information content (AvgIpc) is 3.38. The van der Waals surface area contributed by atoms with E-state index in [1.807, 2.05) is 55.5 Å². The zero-order valence-corrected chi connectivity index (χ0v) is 16.1. The van der Waals surface area contributed by atoms with Gasteiger partial charge >= 0.3 is 0 Å². The van der Waals surface area contributed by atoms with Crippen LogP contribution in [0.5, 0.6) is 0 Å². The van der Waals surface area contributed by atoms with Crippen molar-refractivity contribution in [3.63, 3.8) is 0 Å². The number of benzene rings is 2. The fourth-order valence-electron chi connectivity index (χ4n) is 4.04. The van der Waals surface area contributed by atoms with E-state index in [2.05, 4.69) is 5.16 Å². The molecule has 1 aromatic heterocycles. The van der Waals surface area contributed by atoms with Crippen molar-refractivity contribution >= 4 is 11.6 Å². The maximum Gasteiger partial charge on any atom is 0.220 e. The van der Waals surface area contributed by atoms with E-state index in [9.17, 15) is 9.90 Å². The zero-order valence-electron chi connectivity index (χ0n) is 16.1. The van der Waals surface area contributed by atoms with Crippen molar-refractivity contribution in [2.45, 2.75) is 37.8 Å². The van der Waals surface area contributed by atoms with Crippen molar-refractivity contribution < 1.29 is 14.4 Å². The van der Waals surface area contributed by atoms with Crippen LogP contribution in [0.15, 0.2) is 58.0 Å². The largest absolute Gasteiger partial charge is 0.385 e. The fraction of sp³-hybridized carbons (Fsp3) is 0.261. The third-order valence-electron chi connectivity index (χ3n) is 5.74. The van der Waals surface area contributed by atoms with Gasteiger partial charge in [0.25, 0.3) is 0 Å². The minimum Gasteiger partial charge on any atom is -0.385 e. The van der Waals surface area contributed by atoms with Crippen molar-refractivity contribution in [3.8, 4) is 11.1 Å². The number of aryl methyl sites for hydroxylation is 1. The highest BCUT2D eigenvalue weighted by atomic mass is 16.5. The Morgan fingerprint density at radius 3 is 2.52 bits per heavy atom. The molecule has 6 nitrogen and oxygen atoms in total. The summed E-state index contributed by atoms with van der Waals surface area (Å²) in [5.41, 5.74) is 11.0. The predicted molar refractivity (Wildman–Crippen MR) is 108 cm³/mol. The number of carbonyl (C=O) groups excluding carboxylic acids is 1. The summed E-state index contributed by atoms with van der Waals surface area (Å²) in [5, 5.41) is 14.5. The van der Waals surface area contributed by atoms with Crippen molar-refractivity contribution in [2.75, 3.05) is 0 Å². The third kappa shape index (κ3) is 2.96. The second-order valence-corrected chi connectivity index (χ2v) is 7.83. The second-order valence-electron chi connectivity index (χ2n) is 7.83. The van der Waals surface area contributed by atoms with E-state index < -0.39 is 17.6 Å². The quantitative estimate of drug-likeness (QED) is 0.716. The first kappa shape index (κ1) is 17.8. The van der Waals surface area contributed by atoms with Gasteiger partial charge in [0.15, 0.2) is 5.76 Å². The van der Waals surface area contributed by atoms with Crippen molar-refractivity contribution in [3.05, 3.63) is 76.7 Å². The summed E-state index contributed by atoms with van der Waals surface area (Å²) in [6.45, 7) is 1.89. The van der Waals surface area contributed by atoms with Gasteiger partial charge in [0, 0.05) is 11.1 Å². The van der Waals surface area contributed by atoms with Crippen LogP contribution in [0.1, 0.15) is 53.4 Å². The van der Waals surface area contributed by atoms with Crippen LogP contribution in [0, 0.1) is 6.92 Å². The van der Waals surface area contributed by atoms with E-state index in [4.69, 9.17) is 15.2 Å². The minimum absolute atomic E-state index is 0.0386. The van der Waals surface area contributed by atoms with E-state index in [0.717, 1.165) is 52.1 Å². The molecule has 0 spiro atoms. The topological polar surface area (TPSA) is 102 Å². The van der Waals surface area contributed by atoms with Crippen LogP contribution < -0.4 is 5.73 Å². The Hall–Kier alpha value is -3.25. The summed E-state index contributed by atoms with van der Waals surface area (Å²) >= 11 is 0. The summed E-state index contributed by atoms with van der Waals surface area (Å²) in [4.78, 5) is 16.6. The number of fused-ring (bicyclic) bond motifs is 3. The van der Waals surface area contributed by atoms with Gasteiger partial charge in [0.2, 0.25) is 5.91 Å². The van der Waals surface area contributed by atoms with Crippen LogP contribution in [-0.4, -0.2) is 21.9 Å². The summed E-state index contributed by atoms with van der Waals surface area (Å²) in [6.07, 6.45) is 1.63. The standard InChI is InChI=1S/C23H21N3O3/c1-13-20-16-4-2-3-5-17(16)21(25-18(12-19(24)27)22(20)29-26-13)14-6-8-15(9-7-14)23(28)10-11-23/h2-9,18,28H,10-12H2,1H3,(H2,24,27). The molecule has 0 radical (unpaired) electrons. The molecule has 3 aromatic rings. The minimum atomic E-state index is -0.680. The van der Waals surface area contributed by atoms with Crippen LogP contribution >= 0.6 is 0 Å². The molecule has 1 atom stereocenters. The van der Waals surface area contributed by atoms with E-state index in [1.165, 1.54) is 0 Å². The summed E-state index contributed by atoms with van der Waals surface area (Å²) in [7, 11) is 0. The molecule has 3 N–H and O–H groups in total. The highest BCUT2D eigenvalue weighted by molar-refractivity contribution is 6.17. The number of rotatable bonds is 4. The van der Waals surface area contributed by atoms with Crippen LogP contribution in [-0.2, 0) is 10.4 Å². The number of hydrogen-bond acceptors (Lipinski definition) is 5. The van der Waals surface area contributed by atoms with E-state index >= 15 is 0 Å². The van der Waals surface area contributed by atoms with Gasteiger partial charge in [-0.3, -0.25) is 9.79 Å². The zero-order chi connectivity index (χ0) is 20.2. The number of carbonyl (C=O) groups is 1. The van der Waals surface area contributed by atoms with Crippen LogP contribution in [0.2, 0.25) is 0 Å². The monoisotopic (exact) mass is 387 g/mol. The Morgan fingerprint density at radius 2 is 1.86 bits per heavy atom. The Kier molecular flexibility index (Phi) is 3.93. The molecule has 1 aliphatic carbocycles. The molecule has 1 saturated carbocycles. The summed E-state index contributed by atoms with van der Waals surface area (Å²) in [6, 6.07) is 15.3. The first-order valence-electron chi connectivity index (χ1n) is 9.71. The van der Waals surface area contributed by atoms with Crippen molar-refractivity contribution in [1.82, 2.24) is 5.16 Å². The van der Waals surface area contributed by atoms with Gasteiger partial charge in [-0.15, -0.1) is 0 Å². The van der Waals surface area contributed by atoms with Gasteiger partial charge in [0.1, 0.15) is 6.04 Å². The molecule has 0 bridgehead atoms. The number of hydrogen-bond donors (Lipinski definition) is 2. The Bertz CT molecular complexity index is 1140. The lowest BCUT2D eigenvalue weighted by molar-refractivity contribution is -0.118. The van der Waals surface area contributed by atoms with Crippen molar-refractivity contribution in [2.24, 2.45) is 10.7 Å². The molecule has 1 fully saturated rings. The maximum atomic E-state index is 11.7. The van der Waals surface area contributed by atoms with E-state index in [0.29, 0.717) is 5.76 Å². The lowest BCUT2D eigenvalue weighted by atomic mass is 9.92. The van der Waals surface area contributed by atoms with Crippen LogP contribution in [0.25, 0.3) is 11.1 Å². The van der Waals surface area contributed by atoms with Gasteiger partial charge < -0.3 is 15.4 Å². The first-order chi connectivity index (χ1) is 14.0. The Balaban J connectivity index is 1.69. The predicted octanol–water partition coefficient (Wildman–Crippen LogP) is 3.40. The van der Waals surface area contributed by atoms with Crippen LogP contribution in [0.3, 0.4) is 0 Å². The van der Waals surface area contributed by atoms with Gasteiger partial charge in [-0.25, -0.2) is 0 Å². The SMILES string of the molecule is Cc1noc2c1-c1ccccc1C(c1ccc(C3(O)CC3)cc1)=NC2CC(N)=O. The number of aliphatic imine (C=N–C) groups is 1. The first-order valence-corrected chi connectivity index (χ1v) is 9.71. The van der Waals surface area contributed by atoms with Gasteiger partial charge in [-0.05, 0) is 30.9 Å². The van der Waals surface area contributed by atoms with Crippen LogP contribution in [0.4, 0.5) is 0 Å². The van der Waals surface area contributed by atoms with Crippen molar-refractivity contribution in [1.29, 1.82) is 0 Å². The molecule has 2 aliphatic rings. The molecule has 6 heteroatoms. The molecule has 2 aromatic carbocycles. The third-order valence-corrected chi connectivity index (χ3v) is 5.74. The number of nitrogens with zero attached hydrogens (tertiary/aromatic N) is 2. The van der Waals surface area contributed by atoms with Gasteiger partial charge in [-0.2, -0.15) is 0 Å². The van der Waals surface area contributed by atoms with Gasteiger partial charge in [-0.1, -0.05) is 53.7 Å². The molecule has 1 unspecified atom stereocenters. The lowest BCUT2D eigenvalue weighted by Crippen LogP contribution is -2.15. The molecular formula is C23H21N3O3. The number of nitrogens with two attached hydrogens (primary N) is 1. The number of aliphatic hydroxyl groups is 1. The Morgan fingerprint density at radius 1 is 1.17 bits per heavy atom. The maximum absolute atomic E-state index is 11.7. The summed E-state index contributed by atoms with van der Waals surface area (Å²) in [5.74, 6) is 0.114. The molecule has 29 heavy (non-hydrogen) atoms. The van der Waals surface area contributed by atoms with E-state index in [-0.39, 0.29) is 6.42 Å². The lowest BCUT2D eigenvalue weighted by Gasteiger charge is -2.13. The molecular weight excluding hydrogens is 366 g/mol. The number of primary amides is 1. The average molecular weight is 387 g/mol. The van der Waals surface area contributed by atoms with E-state index in [1.54, 1.807) is 0 Å². The highest BCUT2D eigenvalue weighted by Crippen LogP contribution is 2.45. The molecule has 1 amide bonds. The second kappa shape index (κ2) is 6.39. The summed E-state index contributed by atoms with van der Waals surface area (Å²) < 4.78 is 5.60. The smallest absolute Gasteiger partial charge is 0.220 e. The fourth-order valence-corrected chi connectivity index (χ4v) is 4.04. The number of aromatic nitrogens is 1.